The molecule has 0 atom stereocenters. The highest BCUT2D eigenvalue weighted by molar-refractivity contribution is 6.30. The maximum Gasteiger partial charge on any atom is 0.490 e. The number of carbonyl (C=O) groups is 2. The number of nitrogens with one attached hydrogen (secondary N) is 1. The number of anilines is 1. The number of carboxylic acid groups (broad SMARTS) is 1. The first-order chi connectivity index (χ1) is 15.0. The van der Waals surface area contributed by atoms with Gasteiger partial charge in [-0.25, -0.2) is 14.8 Å². The van der Waals surface area contributed by atoms with Gasteiger partial charge >= 0.3 is 12.1 Å². The van der Waals surface area contributed by atoms with Crippen molar-refractivity contribution in [1.29, 1.82) is 0 Å². The van der Waals surface area contributed by atoms with E-state index >= 15 is 0 Å². The summed E-state index contributed by atoms with van der Waals surface area (Å²) < 4.78 is 33.8. The van der Waals surface area contributed by atoms with Crippen LogP contribution in [0.4, 0.5) is 19.1 Å². The van der Waals surface area contributed by atoms with Crippen molar-refractivity contribution < 1.29 is 27.9 Å². The normalized spacial score (nSPS) is 13.0. The summed E-state index contributed by atoms with van der Waals surface area (Å²) >= 11 is 6.03. The highest BCUT2D eigenvalue weighted by Gasteiger charge is 2.38. The third-order valence-electron chi connectivity index (χ3n) is 4.68. The standard InChI is InChI=1S/C18H16ClN5O.C2HF3O2/c1-24-13-7-9-21-17(25)15(13)14(10-2-4-11(19)5-3-10)16(24)12-6-8-22-18(20)23-12;3-2(4,5)1(6)7/h2-6,8H,7,9H2,1H3,(H,21,25)(H2,20,22,23);(H,6,7). The molecule has 0 bridgehead atoms. The molecule has 1 aliphatic heterocycles. The van der Waals surface area contributed by atoms with Crippen molar-refractivity contribution in [3.8, 4) is 22.5 Å². The number of nitrogen functional groups attached to an aromatic ring is 1. The molecule has 0 saturated carbocycles. The average Bonchev–Trinajstić information content (AvgIpc) is 3.02. The largest absolute Gasteiger partial charge is 0.490 e. The summed E-state index contributed by atoms with van der Waals surface area (Å²) in [6.45, 7) is 0.620. The molecule has 32 heavy (non-hydrogen) atoms. The number of rotatable bonds is 2. The second-order valence-electron chi connectivity index (χ2n) is 6.72. The molecular weight excluding hydrogens is 451 g/mol. The molecule has 168 valence electrons. The zero-order valence-electron chi connectivity index (χ0n) is 16.6. The second kappa shape index (κ2) is 8.87. The molecule has 1 amide bonds. The van der Waals surface area contributed by atoms with E-state index in [0.717, 1.165) is 28.9 Å². The van der Waals surface area contributed by atoms with Gasteiger partial charge in [0.05, 0.1) is 17.0 Å². The van der Waals surface area contributed by atoms with Gasteiger partial charge in [0.1, 0.15) is 0 Å². The minimum atomic E-state index is -5.08. The van der Waals surface area contributed by atoms with Gasteiger partial charge in [-0.2, -0.15) is 13.2 Å². The Labute approximate surface area is 184 Å². The predicted molar refractivity (Wildman–Crippen MR) is 111 cm³/mol. The number of alkyl halides is 3. The van der Waals surface area contributed by atoms with Gasteiger partial charge in [0.25, 0.3) is 5.91 Å². The molecule has 0 unspecified atom stereocenters. The van der Waals surface area contributed by atoms with E-state index in [1.807, 2.05) is 35.9 Å². The van der Waals surface area contributed by atoms with Gasteiger partial charge in [0.15, 0.2) is 0 Å². The fraction of sp³-hybridized carbons (Fsp3) is 0.200. The lowest BCUT2D eigenvalue weighted by atomic mass is 9.96. The number of aromatic nitrogens is 3. The molecule has 0 spiro atoms. The van der Waals surface area contributed by atoms with Crippen molar-refractivity contribution in [2.75, 3.05) is 12.3 Å². The van der Waals surface area contributed by atoms with E-state index < -0.39 is 12.1 Å². The van der Waals surface area contributed by atoms with Crippen LogP contribution in [0.1, 0.15) is 16.1 Å². The van der Waals surface area contributed by atoms with Crippen molar-refractivity contribution in [3.05, 3.63) is 52.8 Å². The Morgan fingerprint density at radius 1 is 1.22 bits per heavy atom. The van der Waals surface area contributed by atoms with Crippen molar-refractivity contribution in [2.24, 2.45) is 7.05 Å². The number of nitrogens with two attached hydrogens (primary N) is 1. The molecule has 1 aromatic carbocycles. The first kappa shape index (κ1) is 23.1. The van der Waals surface area contributed by atoms with E-state index in [9.17, 15) is 18.0 Å². The molecule has 4 rings (SSSR count). The Morgan fingerprint density at radius 3 is 2.41 bits per heavy atom. The van der Waals surface area contributed by atoms with Crippen LogP contribution in [0.15, 0.2) is 36.5 Å². The number of hydrogen-bond donors (Lipinski definition) is 3. The molecule has 1 aliphatic rings. The first-order valence-electron chi connectivity index (χ1n) is 9.15. The quantitative estimate of drug-likeness (QED) is 0.531. The molecule has 0 aliphatic carbocycles. The SMILES string of the molecule is Cn1c2c(c(-c3ccc(Cl)cc3)c1-c1ccnc(N)n1)C(=O)NCC2.O=C(O)C(F)(F)F. The van der Waals surface area contributed by atoms with Crippen molar-refractivity contribution in [1.82, 2.24) is 19.9 Å². The monoisotopic (exact) mass is 467 g/mol. The molecule has 2 aromatic heterocycles. The van der Waals surface area contributed by atoms with Gasteiger partial charge in [-0.3, -0.25) is 4.79 Å². The van der Waals surface area contributed by atoms with Gasteiger partial charge in [-0.05, 0) is 23.8 Å². The van der Waals surface area contributed by atoms with Crippen LogP contribution in [0.5, 0.6) is 0 Å². The molecule has 3 heterocycles. The summed E-state index contributed by atoms with van der Waals surface area (Å²) in [4.78, 5) is 29.8. The highest BCUT2D eigenvalue weighted by Crippen LogP contribution is 2.39. The van der Waals surface area contributed by atoms with E-state index in [0.29, 0.717) is 22.8 Å². The third-order valence-corrected chi connectivity index (χ3v) is 4.93. The summed E-state index contributed by atoms with van der Waals surface area (Å²) in [5.41, 5.74) is 10.7. The maximum absolute atomic E-state index is 12.6. The van der Waals surface area contributed by atoms with Crippen LogP contribution < -0.4 is 11.1 Å². The zero-order valence-corrected chi connectivity index (χ0v) is 17.3. The second-order valence-corrected chi connectivity index (χ2v) is 7.16. The lowest BCUT2D eigenvalue weighted by Gasteiger charge is -2.15. The fourth-order valence-corrected chi connectivity index (χ4v) is 3.48. The Kier molecular flexibility index (Phi) is 6.40. The van der Waals surface area contributed by atoms with Crippen molar-refractivity contribution in [3.63, 3.8) is 0 Å². The van der Waals surface area contributed by atoms with Gasteiger partial charge in [0.2, 0.25) is 5.95 Å². The molecule has 12 heteroatoms. The van der Waals surface area contributed by atoms with Crippen LogP contribution in [-0.4, -0.2) is 44.2 Å². The minimum Gasteiger partial charge on any atom is -0.475 e. The molecular formula is C20H17ClF3N5O3. The minimum absolute atomic E-state index is 0.0740. The van der Waals surface area contributed by atoms with Crippen molar-refractivity contribution >= 4 is 29.4 Å². The fourth-order valence-electron chi connectivity index (χ4n) is 3.36. The third kappa shape index (κ3) is 4.67. The van der Waals surface area contributed by atoms with Crippen LogP contribution in [0.2, 0.25) is 5.02 Å². The van der Waals surface area contributed by atoms with Crippen LogP contribution in [0, 0.1) is 0 Å². The molecule has 0 radical (unpaired) electrons. The number of carbonyl (C=O) groups excluding carboxylic acids is 1. The first-order valence-corrected chi connectivity index (χ1v) is 9.53. The molecule has 0 fully saturated rings. The highest BCUT2D eigenvalue weighted by atomic mass is 35.5. The number of hydrogen-bond acceptors (Lipinski definition) is 5. The summed E-state index contributed by atoms with van der Waals surface area (Å²) in [7, 11) is 1.95. The Morgan fingerprint density at radius 2 is 1.84 bits per heavy atom. The molecule has 0 saturated heterocycles. The number of benzene rings is 1. The van der Waals surface area contributed by atoms with Crippen LogP contribution in [-0.2, 0) is 18.3 Å². The molecule has 3 aromatic rings. The number of fused-ring (bicyclic) bond motifs is 1. The number of carboxylic acids is 1. The molecule has 8 nitrogen and oxygen atoms in total. The topological polar surface area (TPSA) is 123 Å². The van der Waals surface area contributed by atoms with E-state index in [4.69, 9.17) is 27.2 Å². The maximum atomic E-state index is 12.6. The van der Waals surface area contributed by atoms with Gasteiger partial charge in [0, 0.05) is 42.5 Å². The smallest absolute Gasteiger partial charge is 0.475 e. The van der Waals surface area contributed by atoms with Crippen molar-refractivity contribution in [2.45, 2.75) is 12.6 Å². The lowest BCUT2D eigenvalue weighted by molar-refractivity contribution is -0.192. The van der Waals surface area contributed by atoms with Crippen LogP contribution in [0.25, 0.3) is 22.5 Å². The summed E-state index contributed by atoms with van der Waals surface area (Å²) in [6, 6.07) is 9.25. The summed E-state index contributed by atoms with van der Waals surface area (Å²) in [5, 5.41) is 10.7. The van der Waals surface area contributed by atoms with Gasteiger partial charge in [-0.15, -0.1) is 0 Å². The number of aliphatic carboxylic acids is 1. The zero-order chi connectivity index (χ0) is 23.6. The Bertz CT molecular complexity index is 1180. The van der Waals surface area contributed by atoms with E-state index in [-0.39, 0.29) is 11.9 Å². The number of nitrogens with zero attached hydrogens (tertiary/aromatic N) is 3. The van der Waals surface area contributed by atoms with E-state index in [1.54, 1.807) is 12.3 Å². The van der Waals surface area contributed by atoms with Crippen LogP contribution >= 0.6 is 11.6 Å². The average molecular weight is 468 g/mol. The summed E-state index contributed by atoms with van der Waals surface area (Å²) in [5.74, 6) is -2.63. The Hall–Kier alpha value is -3.60. The van der Waals surface area contributed by atoms with Gasteiger partial charge < -0.3 is 20.7 Å². The lowest BCUT2D eigenvalue weighted by Crippen LogP contribution is -2.32. The molecule has 4 N–H and O–H groups in total. The van der Waals surface area contributed by atoms with Gasteiger partial charge in [-0.1, -0.05) is 23.7 Å². The summed E-state index contributed by atoms with van der Waals surface area (Å²) in [6.07, 6.45) is -2.70. The Balaban J connectivity index is 0.000000360. The van der Waals surface area contributed by atoms with E-state index in [1.165, 1.54) is 0 Å². The number of halogens is 4. The predicted octanol–water partition coefficient (Wildman–Crippen LogP) is 3.30. The van der Waals surface area contributed by atoms with E-state index in [2.05, 4.69) is 15.3 Å². The van der Waals surface area contributed by atoms with Crippen LogP contribution in [0.3, 0.4) is 0 Å². The number of amides is 1.